The monoisotopic (exact) mass is 539 g/mol. The van der Waals surface area contributed by atoms with E-state index in [0.29, 0.717) is 16.8 Å². The first-order valence-corrected chi connectivity index (χ1v) is 12.9. The number of nitrogens with zero attached hydrogens (tertiary/aromatic N) is 4. The normalized spacial score (nSPS) is 10.9. The van der Waals surface area contributed by atoms with Gasteiger partial charge in [0.1, 0.15) is 0 Å². The van der Waals surface area contributed by atoms with E-state index in [2.05, 4.69) is 69.0 Å². The predicted molar refractivity (Wildman–Crippen MR) is 140 cm³/mol. The van der Waals surface area contributed by atoms with Gasteiger partial charge in [0.05, 0.1) is 11.4 Å². The van der Waals surface area contributed by atoms with Gasteiger partial charge in [-0.3, -0.25) is 9.36 Å². The van der Waals surface area contributed by atoms with Crippen LogP contribution in [0.5, 0.6) is 0 Å². The van der Waals surface area contributed by atoms with E-state index in [1.807, 2.05) is 40.3 Å². The Morgan fingerprint density at radius 3 is 2.64 bits per heavy atom. The first kappa shape index (κ1) is 23.4. The van der Waals surface area contributed by atoms with E-state index in [1.165, 1.54) is 34.2 Å². The fourth-order valence-corrected chi connectivity index (χ4v) is 4.90. The molecule has 1 N–H and O–H groups in total. The van der Waals surface area contributed by atoms with Crippen molar-refractivity contribution in [2.75, 3.05) is 11.1 Å². The van der Waals surface area contributed by atoms with Crippen LogP contribution < -0.4 is 5.32 Å². The van der Waals surface area contributed by atoms with Gasteiger partial charge in [0, 0.05) is 27.5 Å². The van der Waals surface area contributed by atoms with Crippen LogP contribution in [0.15, 0.2) is 70.1 Å². The van der Waals surface area contributed by atoms with Crippen LogP contribution >= 0.6 is 39.0 Å². The van der Waals surface area contributed by atoms with Crippen LogP contribution in [0.3, 0.4) is 0 Å². The van der Waals surface area contributed by atoms with Crippen LogP contribution in [0.25, 0.3) is 22.6 Å². The number of hydrogen-bond acceptors (Lipinski definition) is 6. The number of carbonyl (C=O) groups is 1. The van der Waals surface area contributed by atoms with Gasteiger partial charge in [-0.1, -0.05) is 58.0 Å². The average molecular weight is 541 g/mol. The first-order chi connectivity index (χ1) is 15.9. The van der Waals surface area contributed by atoms with Crippen molar-refractivity contribution < 1.29 is 4.79 Å². The van der Waals surface area contributed by atoms with Gasteiger partial charge in [-0.15, -0.1) is 28.1 Å². The molecule has 0 fully saturated rings. The maximum absolute atomic E-state index is 12.6. The zero-order chi connectivity index (χ0) is 23.4. The molecular formula is C24H22BrN5OS2. The summed E-state index contributed by atoms with van der Waals surface area (Å²) in [5, 5.41) is 14.7. The summed E-state index contributed by atoms with van der Waals surface area (Å²) in [6, 6.07) is 14.1. The molecule has 2 aromatic heterocycles. The molecule has 4 aromatic rings. The molecule has 0 unspecified atom stereocenters. The Bertz CT molecular complexity index is 1300. The van der Waals surface area contributed by atoms with Crippen LogP contribution in [0.2, 0.25) is 0 Å². The number of rotatable bonds is 8. The zero-order valence-corrected chi connectivity index (χ0v) is 21.4. The second-order valence-corrected chi connectivity index (χ2v) is 10.1. The second kappa shape index (κ2) is 10.5. The number of thiazole rings is 1. The van der Waals surface area contributed by atoms with E-state index < -0.39 is 0 Å². The lowest BCUT2D eigenvalue weighted by molar-refractivity contribution is -0.113. The summed E-state index contributed by atoms with van der Waals surface area (Å²) >= 11 is 6.20. The molecule has 4 rings (SSSR count). The molecule has 6 nitrogen and oxygen atoms in total. The highest BCUT2D eigenvalue weighted by Gasteiger charge is 2.16. The summed E-state index contributed by atoms with van der Waals surface area (Å²) in [4.78, 5) is 17.1. The van der Waals surface area contributed by atoms with E-state index >= 15 is 0 Å². The topological polar surface area (TPSA) is 72.7 Å². The molecule has 0 aliphatic carbocycles. The Morgan fingerprint density at radius 2 is 1.91 bits per heavy atom. The molecule has 0 spiro atoms. The lowest BCUT2D eigenvalue weighted by Gasteiger charge is -2.08. The number of anilines is 1. The third-order valence-electron chi connectivity index (χ3n) is 5.02. The molecule has 1 amide bonds. The number of benzene rings is 2. The van der Waals surface area contributed by atoms with Gasteiger partial charge in [0.25, 0.3) is 0 Å². The van der Waals surface area contributed by atoms with Crippen molar-refractivity contribution >= 4 is 50.1 Å². The Kier molecular flexibility index (Phi) is 7.42. The summed E-state index contributed by atoms with van der Waals surface area (Å²) in [5.74, 6) is 0.802. The zero-order valence-electron chi connectivity index (χ0n) is 18.2. The maximum atomic E-state index is 12.6. The van der Waals surface area contributed by atoms with Crippen LogP contribution in [0.1, 0.15) is 11.1 Å². The number of aromatic nitrogens is 4. The van der Waals surface area contributed by atoms with Gasteiger partial charge in [0.2, 0.25) is 5.91 Å². The Morgan fingerprint density at radius 1 is 1.15 bits per heavy atom. The van der Waals surface area contributed by atoms with Crippen molar-refractivity contribution in [3.8, 4) is 22.6 Å². The largest absolute Gasteiger partial charge is 0.301 e. The Labute approximate surface area is 209 Å². The summed E-state index contributed by atoms with van der Waals surface area (Å²) in [5.41, 5.74) is 5.31. The van der Waals surface area contributed by atoms with Gasteiger partial charge >= 0.3 is 0 Å². The second-order valence-electron chi connectivity index (χ2n) is 7.39. The lowest BCUT2D eigenvalue weighted by atomic mass is 10.1. The molecule has 33 heavy (non-hydrogen) atoms. The number of allylic oxidation sites excluding steroid dienone is 1. The van der Waals surface area contributed by atoms with E-state index in [0.717, 1.165) is 27.1 Å². The summed E-state index contributed by atoms with van der Waals surface area (Å²) in [6.07, 6.45) is 1.79. The van der Waals surface area contributed by atoms with Crippen LogP contribution in [-0.2, 0) is 11.3 Å². The van der Waals surface area contributed by atoms with Gasteiger partial charge < -0.3 is 5.32 Å². The SMILES string of the molecule is C=CCn1c(SCC(=O)Nc2nc(-c3ccc(C)c(C)c3)cs2)nnc1-c1ccc(Br)cc1. The molecule has 0 saturated carbocycles. The smallest absolute Gasteiger partial charge is 0.236 e. The lowest BCUT2D eigenvalue weighted by Crippen LogP contribution is -2.14. The van der Waals surface area contributed by atoms with Gasteiger partial charge in [-0.2, -0.15) is 0 Å². The van der Waals surface area contributed by atoms with Crippen LogP contribution in [-0.4, -0.2) is 31.4 Å². The highest BCUT2D eigenvalue weighted by molar-refractivity contribution is 9.10. The van der Waals surface area contributed by atoms with Crippen molar-refractivity contribution in [3.05, 3.63) is 76.1 Å². The van der Waals surface area contributed by atoms with E-state index in [1.54, 1.807) is 6.08 Å². The van der Waals surface area contributed by atoms with Gasteiger partial charge in [-0.05, 0) is 43.2 Å². The standard InChI is InChI=1S/C24H22BrN5OS2/c1-4-11-30-22(17-7-9-19(25)10-8-17)28-29-24(30)33-14-21(31)27-23-26-20(13-32-23)18-6-5-15(2)16(3)12-18/h4-10,12-13H,1,11,14H2,2-3H3,(H,26,27,31). The predicted octanol–water partition coefficient (Wildman–Crippen LogP) is 6.36. The van der Waals surface area contributed by atoms with Crippen molar-refractivity contribution in [2.24, 2.45) is 0 Å². The van der Waals surface area contributed by atoms with E-state index in [9.17, 15) is 4.79 Å². The summed E-state index contributed by atoms with van der Waals surface area (Å²) in [6.45, 7) is 8.55. The van der Waals surface area contributed by atoms with E-state index in [-0.39, 0.29) is 11.7 Å². The molecule has 0 aliphatic heterocycles. The molecule has 0 saturated heterocycles. The third kappa shape index (κ3) is 5.61. The molecule has 0 atom stereocenters. The molecule has 2 aromatic carbocycles. The molecule has 0 radical (unpaired) electrons. The van der Waals surface area contributed by atoms with Crippen LogP contribution in [0.4, 0.5) is 5.13 Å². The van der Waals surface area contributed by atoms with Crippen molar-refractivity contribution in [2.45, 2.75) is 25.5 Å². The quantitative estimate of drug-likeness (QED) is 0.208. The number of amides is 1. The number of carbonyl (C=O) groups excluding carboxylic acids is 1. The number of halogens is 1. The van der Waals surface area contributed by atoms with Gasteiger partial charge in [-0.25, -0.2) is 4.98 Å². The number of thioether (sulfide) groups is 1. The Hall–Kier alpha value is -2.75. The fraction of sp³-hybridized carbons (Fsp3) is 0.167. The molecule has 9 heteroatoms. The average Bonchev–Trinajstić information content (AvgIpc) is 3.42. The summed E-state index contributed by atoms with van der Waals surface area (Å²) in [7, 11) is 0. The highest BCUT2D eigenvalue weighted by Crippen LogP contribution is 2.28. The highest BCUT2D eigenvalue weighted by atomic mass is 79.9. The van der Waals surface area contributed by atoms with Crippen molar-refractivity contribution in [3.63, 3.8) is 0 Å². The molecule has 2 heterocycles. The maximum Gasteiger partial charge on any atom is 0.236 e. The summed E-state index contributed by atoms with van der Waals surface area (Å²) < 4.78 is 2.95. The number of hydrogen-bond donors (Lipinski definition) is 1. The number of nitrogens with one attached hydrogen (secondary N) is 1. The van der Waals surface area contributed by atoms with Crippen molar-refractivity contribution in [1.82, 2.24) is 19.7 Å². The minimum atomic E-state index is -0.140. The van der Waals surface area contributed by atoms with Gasteiger partial charge in [0.15, 0.2) is 16.1 Å². The molecule has 0 aliphatic rings. The first-order valence-electron chi connectivity index (χ1n) is 10.2. The molecular weight excluding hydrogens is 518 g/mol. The minimum absolute atomic E-state index is 0.140. The minimum Gasteiger partial charge on any atom is -0.301 e. The van der Waals surface area contributed by atoms with E-state index in [4.69, 9.17) is 0 Å². The molecule has 168 valence electrons. The molecule has 0 bridgehead atoms. The third-order valence-corrected chi connectivity index (χ3v) is 7.27. The van der Waals surface area contributed by atoms with Crippen LogP contribution in [0, 0.1) is 13.8 Å². The Balaban J connectivity index is 1.42. The fourth-order valence-electron chi connectivity index (χ4n) is 3.15. The van der Waals surface area contributed by atoms with Crippen molar-refractivity contribution in [1.29, 1.82) is 0 Å². The number of aryl methyl sites for hydroxylation is 2.